The zero-order chi connectivity index (χ0) is 16.8. The van der Waals surface area contributed by atoms with Gasteiger partial charge in [0, 0.05) is 40.5 Å². The molecule has 5 nitrogen and oxygen atoms in total. The lowest BCUT2D eigenvalue weighted by Gasteiger charge is -2.44. The van der Waals surface area contributed by atoms with Gasteiger partial charge in [-0.25, -0.2) is 0 Å². The highest BCUT2D eigenvalue weighted by Gasteiger charge is 2.53. The molecule has 1 aromatic carbocycles. The van der Waals surface area contributed by atoms with E-state index in [9.17, 15) is 19.8 Å². The first kappa shape index (κ1) is 14.1. The third kappa shape index (κ3) is 1.39. The fourth-order valence-electron chi connectivity index (χ4n) is 4.72. The highest BCUT2D eigenvalue weighted by atomic mass is 16.3. The van der Waals surface area contributed by atoms with Crippen LogP contribution in [-0.2, 0) is 11.8 Å². The van der Waals surface area contributed by atoms with Crippen molar-refractivity contribution in [3.8, 4) is 0 Å². The van der Waals surface area contributed by atoms with Crippen molar-refractivity contribution in [2.24, 2.45) is 0 Å². The van der Waals surface area contributed by atoms with Crippen LogP contribution in [0.1, 0.15) is 74.6 Å². The van der Waals surface area contributed by atoms with Gasteiger partial charge in [-0.15, -0.1) is 0 Å². The van der Waals surface area contributed by atoms with Gasteiger partial charge >= 0.3 is 0 Å². The van der Waals surface area contributed by atoms with Gasteiger partial charge in [-0.2, -0.15) is 0 Å². The Kier molecular flexibility index (Phi) is 2.49. The van der Waals surface area contributed by atoms with Crippen molar-refractivity contribution < 1.29 is 24.2 Å². The fourth-order valence-corrected chi connectivity index (χ4v) is 4.72. The van der Waals surface area contributed by atoms with Crippen molar-refractivity contribution in [1.29, 1.82) is 0 Å². The molecule has 0 radical (unpaired) electrons. The van der Waals surface area contributed by atoms with Crippen LogP contribution in [0.4, 0.5) is 0 Å². The molecule has 0 saturated carbocycles. The van der Waals surface area contributed by atoms with Gasteiger partial charge in [0.15, 0.2) is 11.5 Å². The Morgan fingerprint density at radius 3 is 2.79 bits per heavy atom. The van der Waals surface area contributed by atoms with Gasteiger partial charge in [-0.05, 0) is 24.5 Å². The molecule has 5 rings (SSSR count). The minimum absolute atomic E-state index is 0.0521. The zero-order valence-corrected chi connectivity index (χ0v) is 13.1. The summed E-state index contributed by atoms with van der Waals surface area (Å²) in [7, 11) is 0. The van der Waals surface area contributed by atoms with Crippen LogP contribution in [0.3, 0.4) is 0 Å². The number of hydrogen-bond donors (Lipinski definition) is 2. The van der Waals surface area contributed by atoms with Gasteiger partial charge in [0.2, 0.25) is 5.78 Å². The normalized spacial score (nSPS) is 30.1. The first-order valence-electron chi connectivity index (χ1n) is 8.16. The van der Waals surface area contributed by atoms with Crippen LogP contribution >= 0.6 is 0 Å². The molecule has 0 bridgehead atoms. The number of furan rings is 1. The van der Waals surface area contributed by atoms with Gasteiger partial charge in [-0.3, -0.25) is 9.59 Å². The summed E-state index contributed by atoms with van der Waals surface area (Å²) in [5.74, 6) is -0.0153. The zero-order valence-electron chi connectivity index (χ0n) is 13.1. The summed E-state index contributed by atoms with van der Waals surface area (Å²) in [6.45, 7) is 1.88. The van der Waals surface area contributed by atoms with E-state index < -0.39 is 17.6 Å². The number of Topliss-reactive ketones (excluding diaryl/α,β-unsaturated/α-hetero) is 1. The third-order valence-corrected chi connectivity index (χ3v) is 6.02. The first-order chi connectivity index (χ1) is 11.4. The van der Waals surface area contributed by atoms with Crippen molar-refractivity contribution in [3.05, 3.63) is 57.5 Å². The van der Waals surface area contributed by atoms with E-state index in [0.717, 1.165) is 11.1 Å². The Hall–Kier alpha value is -2.24. The number of ketones is 2. The van der Waals surface area contributed by atoms with E-state index in [1.54, 1.807) is 12.1 Å². The summed E-state index contributed by atoms with van der Waals surface area (Å²) >= 11 is 0. The van der Waals surface area contributed by atoms with E-state index in [1.165, 1.54) is 6.26 Å². The summed E-state index contributed by atoms with van der Waals surface area (Å²) in [5, 5.41) is 21.0. The molecule has 1 heterocycles. The van der Waals surface area contributed by atoms with Crippen LogP contribution < -0.4 is 0 Å². The summed E-state index contributed by atoms with van der Waals surface area (Å²) in [6, 6.07) is 3.56. The quantitative estimate of drug-likeness (QED) is 0.774. The van der Waals surface area contributed by atoms with Gasteiger partial charge in [0.25, 0.3) is 0 Å². The van der Waals surface area contributed by atoms with Crippen LogP contribution in [0.25, 0.3) is 0 Å². The minimum Gasteiger partial charge on any atom is -0.460 e. The molecule has 0 spiro atoms. The van der Waals surface area contributed by atoms with Crippen LogP contribution in [0.15, 0.2) is 22.8 Å². The number of benzene rings is 1. The molecular formula is C19H16O5. The largest absolute Gasteiger partial charge is 0.460 e. The Labute approximate surface area is 137 Å². The second kappa shape index (κ2) is 4.23. The number of rotatable bonds is 0. The Balaban J connectivity index is 1.89. The molecule has 0 aliphatic heterocycles. The van der Waals surface area contributed by atoms with Crippen LogP contribution in [0, 0.1) is 0 Å². The lowest BCUT2D eigenvalue weighted by molar-refractivity contribution is 0.0277. The second-order valence-corrected chi connectivity index (χ2v) is 7.13. The third-order valence-electron chi connectivity index (χ3n) is 6.02. The first-order valence-corrected chi connectivity index (χ1v) is 8.16. The van der Waals surface area contributed by atoms with E-state index in [4.69, 9.17) is 4.42 Å². The molecule has 122 valence electrons. The molecule has 0 amide bonds. The number of aliphatic hydroxyl groups is 2. The molecule has 24 heavy (non-hydrogen) atoms. The van der Waals surface area contributed by atoms with Crippen molar-refractivity contribution in [2.75, 3.05) is 0 Å². The number of fused-ring (bicyclic) bond motifs is 4. The molecule has 2 N–H and O–H groups in total. The summed E-state index contributed by atoms with van der Waals surface area (Å²) < 4.78 is 5.52. The van der Waals surface area contributed by atoms with E-state index in [-0.39, 0.29) is 23.7 Å². The average Bonchev–Trinajstić information content (AvgIpc) is 3.16. The van der Waals surface area contributed by atoms with E-state index >= 15 is 0 Å². The van der Waals surface area contributed by atoms with Gasteiger partial charge < -0.3 is 14.6 Å². The van der Waals surface area contributed by atoms with Gasteiger partial charge in [0.05, 0.1) is 18.5 Å². The number of carbonyl (C=O) groups is 2. The molecule has 3 unspecified atom stereocenters. The molecular weight excluding hydrogens is 308 g/mol. The van der Waals surface area contributed by atoms with Crippen molar-refractivity contribution in [1.82, 2.24) is 0 Å². The van der Waals surface area contributed by atoms with Crippen LogP contribution in [-0.4, -0.2) is 27.9 Å². The Morgan fingerprint density at radius 1 is 1.21 bits per heavy atom. The number of hydrogen-bond acceptors (Lipinski definition) is 5. The smallest absolute Gasteiger partial charge is 0.229 e. The SMILES string of the molecule is CC12c3ccc4c(c3C(=O)c3occ(c31)C(O)CC2O)CCC4=O. The molecule has 3 aliphatic carbocycles. The lowest BCUT2D eigenvalue weighted by atomic mass is 9.60. The summed E-state index contributed by atoms with van der Waals surface area (Å²) in [4.78, 5) is 25.1. The predicted octanol–water partition coefficient (Wildman–Crippen LogP) is 2.06. The molecule has 5 heteroatoms. The van der Waals surface area contributed by atoms with E-state index in [2.05, 4.69) is 0 Å². The Morgan fingerprint density at radius 2 is 2.00 bits per heavy atom. The van der Waals surface area contributed by atoms with Crippen molar-refractivity contribution >= 4 is 11.6 Å². The molecule has 2 aromatic rings. The number of aliphatic hydroxyl groups excluding tert-OH is 2. The monoisotopic (exact) mass is 324 g/mol. The second-order valence-electron chi connectivity index (χ2n) is 7.13. The molecule has 1 aromatic heterocycles. The fraction of sp³-hybridized carbons (Fsp3) is 0.368. The summed E-state index contributed by atoms with van der Waals surface area (Å²) in [6.07, 6.45) is 0.888. The molecule has 3 atom stereocenters. The summed E-state index contributed by atoms with van der Waals surface area (Å²) in [5.41, 5.74) is 2.96. The molecule has 0 saturated heterocycles. The van der Waals surface area contributed by atoms with E-state index in [1.807, 2.05) is 6.92 Å². The Bertz CT molecular complexity index is 937. The maximum Gasteiger partial charge on any atom is 0.229 e. The number of carbonyl (C=O) groups excluding carboxylic acids is 2. The van der Waals surface area contributed by atoms with Crippen molar-refractivity contribution in [3.63, 3.8) is 0 Å². The average molecular weight is 324 g/mol. The standard InChI is InChI=1S/C19H16O5/c1-19-11-4-2-8-9(3-5-12(8)20)15(11)17(23)18-16(19)10(7-24-18)13(21)6-14(19)22/h2,4,7,13-14,21-22H,3,5-6H2,1H3. The molecule has 0 fully saturated rings. The maximum atomic E-state index is 13.1. The van der Waals surface area contributed by atoms with Crippen molar-refractivity contribution in [2.45, 2.75) is 43.8 Å². The highest BCUT2D eigenvalue weighted by Crippen LogP contribution is 2.53. The predicted molar refractivity (Wildman–Crippen MR) is 83.3 cm³/mol. The minimum atomic E-state index is -0.842. The van der Waals surface area contributed by atoms with Gasteiger partial charge in [-0.1, -0.05) is 12.1 Å². The van der Waals surface area contributed by atoms with Gasteiger partial charge in [0.1, 0.15) is 0 Å². The van der Waals surface area contributed by atoms with Crippen LogP contribution in [0.2, 0.25) is 0 Å². The molecule has 3 aliphatic rings. The van der Waals surface area contributed by atoms with Crippen LogP contribution in [0.5, 0.6) is 0 Å². The lowest BCUT2D eigenvalue weighted by Crippen LogP contribution is -2.47. The van der Waals surface area contributed by atoms with E-state index in [0.29, 0.717) is 35.1 Å². The topological polar surface area (TPSA) is 87.7 Å². The maximum absolute atomic E-state index is 13.1. The highest BCUT2D eigenvalue weighted by molar-refractivity contribution is 6.15.